The highest BCUT2D eigenvalue weighted by atomic mass is 16.6. The summed E-state index contributed by atoms with van der Waals surface area (Å²) in [6, 6.07) is 11.4. The van der Waals surface area contributed by atoms with Crippen LogP contribution in [0.1, 0.15) is 17.0 Å². The molecular weight excluding hydrogens is 404 g/mol. The van der Waals surface area contributed by atoms with Crippen molar-refractivity contribution in [3.05, 3.63) is 79.4 Å². The number of nitro groups is 1. The van der Waals surface area contributed by atoms with Gasteiger partial charge in [-0.15, -0.1) is 0 Å². The second-order valence-electron chi connectivity index (χ2n) is 6.90. The van der Waals surface area contributed by atoms with Crippen molar-refractivity contribution in [2.75, 3.05) is 7.11 Å². The number of hydrogen-bond donors (Lipinski definition) is 2. The molecule has 0 bridgehead atoms. The molecule has 1 unspecified atom stereocenters. The Morgan fingerprint density at radius 2 is 2.06 bits per heavy atom. The van der Waals surface area contributed by atoms with Crippen molar-refractivity contribution in [1.29, 1.82) is 5.26 Å². The molecule has 1 atom stereocenters. The van der Waals surface area contributed by atoms with Crippen molar-refractivity contribution in [1.82, 2.24) is 4.57 Å². The van der Waals surface area contributed by atoms with E-state index >= 15 is 0 Å². The van der Waals surface area contributed by atoms with Crippen LogP contribution in [-0.4, -0.2) is 21.7 Å². The Bertz CT molecular complexity index is 1400. The first-order chi connectivity index (χ1) is 14.8. The van der Waals surface area contributed by atoms with Gasteiger partial charge in [0.1, 0.15) is 17.4 Å². The molecule has 156 valence electrons. The van der Waals surface area contributed by atoms with Crippen LogP contribution < -0.4 is 20.8 Å². The van der Waals surface area contributed by atoms with Gasteiger partial charge >= 0.3 is 5.69 Å². The van der Waals surface area contributed by atoms with Crippen molar-refractivity contribution in [3.63, 3.8) is 0 Å². The normalized spacial score (nSPS) is 15.2. The summed E-state index contributed by atoms with van der Waals surface area (Å²) < 4.78 is 12.2. The number of rotatable bonds is 3. The first-order valence-corrected chi connectivity index (χ1v) is 9.04. The fourth-order valence-electron chi connectivity index (χ4n) is 3.83. The Hall–Kier alpha value is -4.52. The highest BCUT2D eigenvalue weighted by Gasteiger charge is 2.37. The number of hydrogen-bond acceptors (Lipinski definition) is 8. The average Bonchev–Trinajstić information content (AvgIpc) is 2.76. The minimum atomic E-state index is -1.06. The van der Waals surface area contributed by atoms with E-state index in [2.05, 4.69) is 0 Å². The predicted octanol–water partition coefficient (Wildman–Crippen LogP) is 2.38. The quantitative estimate of drug-likeness (QED) is 0.483. The van der Waals surface area contributed by atoms with E-state index in [4.69, 9.17) is 15.2 Å². The molecule has 1 aromatic heterocycles. The molecule has 4 rings (SSSR count). The van der Waals surface area contributed by atoms with E-state index in [0.29, 0.717) is 10.9 Å². The van der Waals surface area contributed by atoms with Gasteiger partial charge in [0.25, 0.3) is 5.56 Å². The van der Waals surface area contributed by atoms with Crippen LogP contribution in [0.2, 0.25) is 0 Å². The van der Waals surface area contributed by atoms with Gasteiger partial charge in [-0.1, -0.05) is 12.1 Å². The molecule has 2 heterocycles. The molecular formula is C21H16N4O6. The fraction of sp³-hybridized carbons (Fsp3) is 0.143. The third kappa shape index (κ3) is 2.83. The van der Waals surface area contributed by atoms with Crippen LogP contribution in [0.4, 0.5) is 5.69 Å². The molecule has 0 saturated heterocycles. The van der Waals surface area contributed by atoms with Crippen molar-refractivity contribution < 1.29 is 19.5 Å². The van der Waals surface area contributed by atoms with Gasteiger partial charge in [0.2, 0.25) is 11.6 Å². The van der Waals surface area contributed by atoms with Crippen molar-refractivity contribution in [2.45, 2.75) is 5.92 Å². The molecule has 0 fully saturated rings. The number of allylic oxidation sites excluding steroid dienone is 1. The Labute approximate surface area is 175 Å². The summed E-state index contributed by atoms with van der Waals surface area (Å²) in [7, 11) is 2.82. The summed E-state index contributed by atoms with van der Waals surface area (Å²) >= 11 is 0. The van der Waals surface area contributed by atoms with Crippen LogP contribution in [0.15, 0.2) is 52.6 Å². The molecule has 0 spiro atoms. The lowest BCUT2D eigenvalue weighted by Gasteiger charge is -2.27. The van der Waals surface area contributed by atoms with E-state index < -0.39 is 27.8 Å². The average molecular weight is 420 g/mol. The van der Waals surface area contributed by atoms with E-state index in [9.17, 15) is 25.3 Å². The summed E-state index contributed by atoms with van der Waals surface area (Å²) in [4.78, 5) is 24.0. The summed E-state index contributed by atoms with van der Waals surface area (Å²) in [5, 5.41) is 32.0. The number of aromatic hydroxyl groups is 1. The maximum absolute atomic E-state index is 13.3. The topological polar surface area (TPSA) is 154 Å². The van der Waals surface area contributed by atoms with Crippen molar-refractivity contribution in [3.8, 4) is 23.3 Å². The SMILES string of the molecule is COc1cc(C2C(C#N)=C(N)Oc3c2c(=O)n(C)c2ccccc32)cc([N+](=O)[O-])c1O. The Morgan fingerprint density at radius 1 is 1.35 bits per heavy atom. The summed E-state index contributed by atoms with van der Waals surface area (Å²) in [5.41, 5.74) is 5.73. The number of nitriles is 1. The molecule has 10 heteroatoms. The zero-order valence-electron chi connectivity index (χ0n) is 16.4. The zero-order valence-corrected chi connectivity index (χ0v) is 16.4. The molecule has 0 aliphatic carbocycles. The molecule has 31 heavy (non-hydrogen) atoms. The van der Waals surface area contributed by atoms with Gasteiger partial charge < -0.3 is 24.9 Å². The number of phenols is 1. The smallest absolute Gasteiger partial charge is 0.314 e. The van der Waals surface area contributed by atoms with Crippen LogP contribution >= 0.6 is 0 Å². The third-order valence-electron chi connectivity index (χ3n) is 5.29. The number of pyridine rings is 1. The molecule has 3 N–H and O–H groups in total. The number of methoxy groups -OCH3 is 1. The van der Waals surface area contributed by atoms with Gasteiger partial charge in [-0.2, -0.15) is 5.26 Å². The molecule has 10 nitrogen and oxygen atoms in total. The number of fused-ring (bicyclic) bond motifs is 3. The first-order valence-electron chi connectivity index (χ1n) is 9.04. The number of phenolic OH excluding ortho intramolecular Hbond substituents is 1. The lowest BCUT2D eigenvalue weighted by atomic mass is 9.83. The minimum Gasteiger partial charge on any atom is -0.500 e. The van der Waals surface area contributed by atoms with E-state index in [1.54, 1.807) is 31.3 Å². The zero-order chi connectivity index (χ0) is 22.4. The van der Waals surface area contributed by atoms with Crippen LogP contribution in [0.25, 0.3) is 10.9 Å². The van der Waals surface area contributed by atoms with Gasteiger partial charge in [-0.3, -0.25) is 14.9 Å². The highest BCUT2D eigenvalue weighted by Crippen LogP contribution is 2.47. The Balaban J connectivity index is 2.14. The monoisotopic (exact) mass is 420 g/mol. The van der Waals surface area contributed by atoms with Gasteiger partial charge in [0.15, 0.2) is 5.75 Å². The van der Waals surface area contributed by atoms with Gasteiger partial charge in [-0.05, 0) is 23.8 Å². The maximum Gasteiger partial charge on any atom is 0.314 e. The number of ether oxygens (including phenoxy) is 2. The van der Waals surface area contributed by atoms with E-state index in [0.717, 1.165) is 6.07 Å². The van der Waals surface area contributed by atoms with E-state index in [1.807, 2.05) is 6.07 Å². The minimum absolute atomic E-state index is 0.0816. The van der Waals surface area contributed by atoms with Crippen LogP contribution in [0.5, 0.6) is 17.2 Å². The van der Waals surface area contributed by atoms with Gasteiger partial charge in [0.05, 0.1) is 29.0 Å². The molecule has 3 aromatic rings. The first kappa shape index (κ1) is 19.8. The van der Waals surface area contributed by atoms with Crippen molar-refractivity contribution in [2.24, 2.45) is 12.8 Å². The fourth-order valence-corrected chi connectivity index (χ4v) is 3.83. The van der Waals surface area contributed by atoms with Crippen LogP contribution in [-0.2, 0) is 7.05 Å². The largest absolute Gasteiger partial charge is 0.500 e. The maximum atomic E-state index is 13.3. The van der Waals surface area contributed by atoms with E-state index in [-0.39, 0.29) is 34.1 Å². The van der Waals surface area contributed by atoms with Crippen molar-refractivity contribution >= 4 is 16.6 Å². The number of nitrogens with two attached hydrogens (primary N) is 1. The van der Waals surface area contributed by atoms with Crippen LogP contribution in [0, 0.1) is 21.4 Å². The molecule has 0 amide bonds. The summed E-state index contributed by atoms with van der Waals surface area (Å²) in [6.07, 6.45) is 0. The summed E-state index contributed by atoms with van der Waals surface area (Å²) in [6.45, 7) is 0. The molecule has 1 aliphatic rings. The standard InChI is InChI=1S/C21H16N4O6/c1-24-13-6-4-3-5-11(13)19-17(21(24)27)16(12(9-22)20(23)31-19)10-7-14(25(28)29)18(26)15(8-10)30-2/h3-8,16,26H,23H2,1-2H3. The third-order valence-corrected chi connectivity index (χ3v) is 5.29. The number of para-hydroxylation sites is 1. The Morgan fingerprint density at radius 3 is 2.71 bits per heavy atom. The number of nitrogens with zero attached hydrogens (tertiary/aromatic N) is 3. The second-order valence-corrected chi connectivity index (χ2v) is 6.90. The number of nitro benzene ring substituents is 1. The molecule has 2 aromatic carbocycles. The lowest BCUT2D eigenvalue weighted by Crippen LogP contribution is -2.31. The predicted molar refractivity (Wildman–Crippen MR) is 110 cm³/mol. The Kier molecular flexibility index (Phi) is 4.51. The van der Waals surface area contributed by atoms with Crippen LogP contribution in [0.3, 0.4) is 0 Å². The van der Waals surface area contributed by atoms with Gasteiger partial charge in [0, 0.05) is 18.5 Å². The highest BCUT2D eigenvalue weighted by molar-refractivity contribution is 5.88. The molecule has 1 aliphatic heterocycles. The molecule has 0 saturated carbocycles. The van der Waals surface area contributed by atoms with Gasteiger partial charge in [-0.25, -0.2) is 0 Å². The van der Waals surface area contributed by atoms with E-state index in [1.165, 1.54) is 17.7 Å². The summed E-state index contributed by atoms with van der Waals surface area (Å²) in [5.74, 6) is -1.94. The number of aryl methyl sites for hydroxylation is 1. The number of benzene rings is 2. The second kappa shape index (κ2) is 7.07. The number of aromatic nitrogens is 1. The molecule has 0 radical (unpaired) electrons. The lowest BCUT2D eigenvalue weighted by molar-refractivity contribution is -0.386.